The molecule has 2 aliphatic heterocycles. The minimum atomic E-state index is -0.514. The topological polar surface area (TPSA) is 75.9 Å². The fourth-order valence-electron chi connectivity index (χ4n) is 3.55. The van der Waals surface area contributed by atoms with Crippen molar-refractivity contribution < 1.29 is 18.7 Å². The van der Waals surface area contributed by atoms with E-state index in [1.54, 1.807) is 18.7 Å². The first-order chi connectivity index (χ1) is 11.2. The predicted molar refractivity (Wildman–Crippen MR) is 86.7 cm³/mol. The van der Waals surface area contributed by atoms with Gasteiger partial charge in [-0.1, -0.05) is 0 Å². The van der Waals surface area contributed by atoms with Crippen LogP contribution in [0.15, 0.2) is 4.42 Å². The molecule has 7 nitrogen and oxygen atoms in total. The molecule has 2 saturated heterocycles. The summed E-state index contributed by atoms with van der Waals surface area (Å²) in [5, 5.41) is 0. The van der Waals surface area contributed by atoms with E-state index in [0.717, 1.165) is 6.42 Å². The molecule has 132 valence electrons. The predicted octanol–water partition coefficient (Wildman–Crippen LogP) is 2.37. The highest BCUT2D eigenvalue weighted by Gasteiger charge is 2.46. The molecule has 0 unspecified atom stereocenters. The second kappa shape index (κ2) is 5.79. The Labute approximate surface area is 141 Å². The van der Waals surface area contributed by atoms with Gasteiger partial charge in [0.2, 0.25) is 0 Å². The summed E-state index contributed by atoms with van der Waals surface area (Å²) in [5.74, 6) is 1.23. The van der Waals surface area contributed by atoms with Crippen LogP contribution in [0.2, 0.25) is 0 Å². The van der Waals surface area contributed by atoms with E-state index in [2.05, 4.69) is 4.98 Å². The zero-order chi connectivity index (χ0) is 17.6. The van der Waals surface area contributed by atoms with Gasteiger partial charge >= 0.3 is 6.09 Å². The average Bonchev–Trinajstić information content (AvgIpc) is 3.09. The van der Waals surface area contributed by atoms with Crippen LogP contribution in [-0.4, -0.2) is 58.1 Å². The van der Waals surface area contributed by atoms with E-state index >= 15 is 0 Å². The maximum atomic E-state index is 12.8. The van der Waals surface area contributed by atoms with Crippen LogP contribution in [0.1, 0.15) is 49.3 Å². The Hall–Kier alpha value is -2.05. The van der Waals surface area contributed by atoms with Gasteiger partial charge in [-0.2, -0.15) is 0 Å². The van der Waals surface area contributed by atoms with Crippen LogP contribution in [0, 0.1) is 19.8 Å². The number of aromatic nitrogens is 1. The molecule has 2 atom stereocenters. The minimum absolute atomic E-state index is 0.0291. The van der Waals surface area contributed by atoms with E-state index in [0.29, 0.717) is 42.9 Å². The van der Waals surface area contributed by atoms with Crippen molar-refractivity contribution in [3.63, 3.8) is 0 Å². The fourth-order valence-corrected chi connectivity index (χ4v) is 3.55. The van der Waals surface area contributed by atoms with Crippen LogP contribution in [0.4, 0.5) is 4.79 Å². The van der Waals surface area contributed by atoms with Crippen molar-refractivity contribution in [2.24, 2.45) is 5.92 Å². The summed E-state index contributed by atoms with van der Waals surface area (Å²) in [7, 11) is 0. The zero-order valence-corrected chi connectivity index (χ0v) is 15.0. The van der Waals surface area contributed by atoms with Crippen molar-refractivity contribution in [2.75, 3.05) is 19.6 Å². The number of ether oxygens (including phenoxy) is 1. The molecule has 2 fully saturated rings. The largest absolute Gasteiger partial charge is 0.445 e. The zero-order valence-electron chi connectivity index (χ0n) is 15.0. The van der Waals surface area contributed by atoms with Crippen LogP contribution >= 0.6 is 0 Å². The molecule has 0 saturated carbocycles. The highest BCUT2D eigenvalue weighted by molar-refractivity contribution is 5.93. The number of carbonyl (C=O) groups is 2. The lowest BCUT2D eigenvalue weighted by molar-refractivity contribution is 0.0268. The Morgan fingerprint density at radius 1 is 1.25 bits per heavy atom. The van der Waals surface area contributed by atoms with Gasteiger partial charge in [0.05, 0.1) is 6.04 Å². The summed E-state index contributed by atoms with van der Waals surface area (Å²) in [4.78, 5) is 32.8. The van der Waals surface area contributed by atoms with Crippen molar-refractivity contribution in [1.82, 2.24) is 14.8 Å². The first-order valence-corrected chi connectivity index (χ1v) is 8.38. The van der Waals surface area contributed by atoms with Crippen LogP contribution in [0.25, 0.3) is 0 Å². The Kier molecular flexibility index (Phi) is 4.05. The molecule has 2 amide bonds. The SMILES string of the molecule is Cc1nc(C(=O)N2CC[C@@H]3CN(C(=O)OC(C)(C)C)C[C@@H]32)c(C)o1. The molecule has 0 spiro atoms. The van der Waals surface area contributed by atoms with Crippen LogP contribution in [0.5, 0.6) is 0 Å². The van der Waals surface area contributed by atoms with E-state index in [4.69, 9.17) is 9.15 Å². The highest BCUT2D eigenvalue weighted by Crippen LogP contribution is 2.33. The standard InChI is InChI=1S/C17H25N3O4/c1-10-14(18-11(2)23-10)15(21)20-7-6-12-8-19(9-13(12)20)16(22)24-17(3,4)5/h12-13H,6-9H2,1-5H3/t12-,13+/m1/s1. The number of rotatable bonds is 1. The summed E-state index contributed by atoms with van der Waals surface area (Å²) >= 11 is 0. The van der Waals surface area contributed by atoms with Gasteiger partial charge in [-0.25, -0.2) is 9.78 Å². The molecule has 0 aromatic carbocycles. The molecule has 0 radical (unpaired) electrons. The molecule has 1 aromatic heterocycles. The maximum Gasteiger partial charge on any atom is 0.410 e. The molecular formula is C17H25N3O4. The van der Waals surface area contributed by atoms with Gasteiger partial charge in [0, 0.05) is 32.5 Å². The lowest BCUT2D eigenvalue weighted by atomic mass is 10.1. The van der Waals surface area contributed by atoms with E-state index in [-0.39, 0.29) is 18.0 Å². The smallest absolute Gasteiger partial charge is 0.410 e. The molecule has 24 heavy (non-hydrogen) atoms. The first-order valence-electron chi connectivity index (χ1n) is 8.38. The van der Waals surface area contributed by atoms with Gasteiger partial charge in [-0.15, -0.1) is 0 Å². The number of fused-ring (bicyclic) bond motifs is 1. The number of amides is 2. The minimum Gasteiger partial charge on any atom is -0.445 e. The van der Waals surface area contributed by atoms with E-state index < -0.39 is 5.60 Å². The Balaban J connectivity index is 1.70. The van der Waals surface area contributed by atoms with Gasteiger partial charge in [0.1, 0.15) is 11.4 Å². The van der Waals surface area contributed by atoms with E-state index in [1.807, 2.05) is 25.7 Å². The molecule has 0 bridgehead atoms. The quantitative estimate of drug-likeness (QED) is 0.787. The second-order valence-corrected chi connectivity index (χ2v) is 7.64. The van der Waals surface area contributed by atoms with Gasteiger partial charge in [0.15, 0.2) is 11.6 Å². The lowest BCUT2D eigenvalue weighted by Gasteiger charge is -2.26. The third-order valence-corrected chi connectivity index (χ3v) is 4.57. The van der Waals surface area contributed by atoms with E-state index in [9.17, 15) is 9.59 Å². The third kappa shape index (κ3) is 3.12. The fraction of sp³-hybridized carbons (Fsp3) is 0.706. The summed E-state index contributed by atoms with van der Waals surface area (Å²) in [6.45, 7) is 10.9. The van der Waals surface area contributed by atoms with Gasteiger partial charge in [-0.3, -0.25) is 4.79 Å². The van der Waals surface area contributed by atoms with Crippen LogP contribution in [0.3, 0.4) is 0 Å². The molecule has 1 aromatic rings. The van der Waals surface area contributed by atoms with Gasteiger partial charge < -0.3 is 19.0 Å². The third-order valence-electron chi connectivity index (χ3n) is 4.57. The lowest BCUT2D eigenvalue weighted by Crippen LogP contribution is -2.42. The van der Waals surface area contributed by atoms with Crippen molar-refractivity contribution in [3.8, 4) is 0 Å². The number of nitrogens with zero attached hydrogens (tertiary/aromatic N) is 3. The summed E-state index contributed by atoms with van der Waals surface area (Å²) in [5.41, 5.74) is -0.136. The van der Waals surface area contributed by atoms with Crippen LogP contribution < -0.4 is 0 Å². The number of oxazole rings is 1. The molecule has 3 rings (SSSR count). The van der Waals surface area contributed by atoms with Gasteiger partial charge in [-0.05, 0) is 34.1 Å². The number of hydrogen-bond acceptors (Lipinski definition) is 5. The first kappa shape index (κ1) is 16.8. The molecule has 0 aliphatic carbocycles. The Morgan fingerprint density at radius 3 is 2.54 bits per heavy atom. The number of carbonyl (C=O) groups excluding carboxylic acids is 2. The molecular weight excluding hydrogens is 310 g/mol. The average molecular weight is 335 g/mol. The Bertz CT molecular complexity index is 661. The van der Waals surface area contributed by atoms with Crippen LogP contribution in [-0.2, 0) is 4.74 Å². The van der Waals surface area contributed by atoms with Crippen molar-refractivity contribution >= 4 is 12.0 Å². The number of hydrogen-bond donors (Lipinski definition) is 0. The normalized spacial score (nSPS) is 23.5. The number of aryl methyl sites for hydroxylation is 2. The highest BCUT2D eigenvalue weighted by atomic mass is 16.6. The van der Waals surface area contributed by atoms with Gasteiger partial charge in [0.25, 0.3) is 5.91 Å². The molecule has 7 heteroatoms. The molecule has 0 N–H and O–H groups in total. The second-order valence-electron chi connectivity index (χ2n) is 7.64. The summed E-state index contributed by atoms with van der Waals surface area (Å²) in [6, 6.07) is 0.0291. The molecule has 2 aliphatic rings. The summed E-state index contributed by atoms with van der Waals surface area (Å²) in [6.07, 6.45) is 0.587. The summed E-state index contributed by atoms with van der Waals surface area (Å²) < 4.78 is 10.8. The number of likely N-dealkylation sites (tertiary alicyclic amines) is 2. The Morgan fingerprint density at radius 2 is 1.96 bits per heavy atom. The van der Waals surface area contributed by atoms with E-state index in [1.165, 1.54) is 0 Å². The van der Waals surface area contributed by atoms with Crippen molar-refractivity contribution in [1.29, 1.82) is 0 Å². The monoisotopic (exact) mass is 335 g/mol. The van der Waals surface area contributed by atoms with Crippen molar-refractivity contribution in [3.05, 3.63) is 17.3 Å². The molecule has 3 heterocycles. The maximum absolute atomic E-state index is 12.8. The van der Waals surface area contributed by atoms with Crippen molar-refractivity contribution in [2.45, 2.75) is 52.7 Å².